The summed E-state index contributed by atoms with van der Waals surface area (Å²) in [5.74, 6) is 1.17. The van der Waals surface area contributed by atoms with Crippen molar-refractivity contribution >= 4 is 22.6 Å². The van der Waals surface area contributed by atoms with Gasteiger partial charge >= 0.3 is 5.69 Å². The average molecular weight is 484 g/mol. The molecular weight excluding hydrogens is 458 g/mol. The van der Waals surface area contributed by atoms with Crippen LogP contribution >= 0.6 is 0 Å². The van der Waals surface area contributed by atoms with Crippen molar-refractivity contribution in [3.05, 3.63) is 93.9 Å². The molecule has 0 aliphatic rings. The summed E-state index contributed by atoms with van der Waals surface area (Å²) in [7, 11) is 1.59. The fourth-order valence-corrected chi connectivity index (χ4v) is 3.96. The Labute approximate surface area is 206 Å². The molecule has 2 aromatic heterocycles. The van der Waals surface area contributed by atoms with E-state index in [1.54, 1.807) is 19.2 Å². The number of rotatable bonds is 7. The van der Waals surface area contributed by atoms with Crippen molar-refractivity contribution in [2.24, 2.45) is 0 Å². The normalized spacial score (nSPS) is 11.1. The molecule has 3 aromatic carbocycles. The van der Waals surface area contributed by atoms with Crippen molar-refractivity contribution in [1.29, 1.82) is 0 Å². The Kier molecular flexibility index (Phi) is 6.12. The number of aromatic nitrogens is 4. The quantitative estimate of drug-likeness (QED) is 0.378. The molecule has 0 spiro atoms. The molecule has 36 heavy (non-hydrogen) atoms. The highest BCUT2D eigenvalue weighted by Crippen LogP contribution is 2.29. The Morgan fingerprint density at radius 2 is 1.83 bits per heavy atom. The molecule has 0 aliphatic carbocycles. The molecule has 0 saturated carbocycles. The summed E-state index contributed by atoms with van der Waals surface area (Å²) < 4.78 is 13.9. The van der Waals surface area contributed by atoms with Crippen molar-refractivity contribution < 1.29 is 14.3 Å². The number of para-hydroxylation sites is 2. The Morgan fingerprint density at radius 3 is 2.67 bits per heavy atom. The molecule has 0 bridgehead atoms. The summed E-state index contributed by atoms with van der Waals surface area (Å²) in [4.78, 5) is 30.7. The molecule has 5 aromatic rings. The lowest BCUT2D eigenvalue weighted by Gasteiger charge is -2.11. The van der Waals surface area contributed by atoms with Crippen LogP contribution in [-0.4, -0.2) is 32.2 Å². The molecule has 9 nitrogen and oxygen atoms in total. The largest absolute Gasteiger partial charge is 0.497 e. The first-order valence-corrected chi connectivity index (χ1v) is 11.5. The number of nitrogens with zero attached hydrogens (tertiary/aromatic N) is 4. The monoisotopic (exact) mass is 483 g/mol. The van der Waals surface area contributed by atoms with Gasteiger partial charge in [-0.3, -0.25) is 4.79 Å². The van der Waals surface area contributed by atoms with Crippen LogP contribution in [0.15, 0.2) is 71.5 Å². The zero-order valence-electron chi connectivity index (χ0n) is 20.2. The lowest BCUT2D eigenvalue weighted by atomic mass is 10.1. The second-order valence-electron chi connectivity index (χ2n) is 8.43. The number of amides is 1. The van der Waals surface area contributed by atoms with Crippen LogP contribution in [0, 0.1) is 13.8 Å². The van der Waals surface area contributed by atoms with Gasteiger partial charge < -0.3 is 14.8 Å². The Morgan fingerprint density at radius 1 is 1.03 bits per heavy atom. The predicted octanol–water partition coefficient (Wildman–Crippen LogP) is 3.78. The maximum absolute atomic E-state index is 13.3. The SMILES string of the molecule is COc1cccc(CNC(=O)Cn2nc3c(Oc4cccc(C)c4C)nc4ccccc4n3c2=O)c1. The van der Waals surface area contributed by atoms with Crippen molar-refractivity contribution in [2.45, 2.75) is 26.9 Å². The molecule has 5 rings (SSSR count). The van der Waals surface area contributed by atoms with Gasteiger partial charge in [-0.1, -0.05) is 36.4 Å². The van der Waals surface area contributed by atoms with Gasteiger partial charge in [0.1, 0.15) is 18.0 Å². The second-order valence-corrected chi connectivity index (χ2v) is 8.43. The highest BCUT2D eigenvalue weighted by atomic mass is 16.5. The summed E-state index contributed by atoms with van der Waals surface area (Å²) in [5.41, 5.74) is 3.85. The molecule has 1 N–H and O–H groups in total. The van der Waals surface area contributed by atoms with Crippen molar-refractivity contribution in [2.75, 3.05) is 7.11 Å². The molecule has 0 saturated heterocycles. The van der Waals surface area contributed by atoms with Gasteiger partial charge in [-0.05, 0) is 60.9 Å². The highest BCUT2D eigenvalue weighted by molar-refractivity contribution is 5.80. The number of ether oxygens (including phenoxy) is 2. The summed E-state index contributed by atoms with van der Waals surface area (Å²) in [6.07, 6.45) is 0. The predicted molar refractivity (Wildman–Crippen MR) is 136 cm³/mol. The number of hydrogen-bond donors (Lipinski definition) is 1. The van der Waals surface area contributed by atoms with Crippen LogP contribution in [0.3, 0.4) is 0 Å². The molecule has 0 atom stereocenters. The van der Waals surface area contributed by atoms with E-state index in [-0.39, 0.29) is 24.0 Å². The van der Waals surface area contributed by atoms with Crippen LogP contribution in [-0.2, 0) is 17.9 Å². The number of benzene rings is 3. The maximum atomic E-state index is 13.3. The first kappa shape index (κ1) is 23.1. The Hall–Kier alpha value is -4.66. The zero-order valence-corrected chi connectivity index (χ0v) is 20.2. The Balaban J connectivity index is 1.49. The fraction of sp³-hybridized carbons (Fsp3) is 0.185. The lowest BCUT2D eigenvalue weighted by molar-refractivity contribution is -0.122. The number of carbonyl (C=O) groups excluding carboxylic acids is 1. The molecule has 0 fully saturated rings. The number of methoxy groups -OCH3 is 1. The van der Waals surface area contributed by atoms with E-state index in [0.29, 0.717) is 29.1 Å². The van der Waals surface area contributed by atoms with Crippen molar-refractivity contribution in [3.63, 3.8) is 0 Å². The van der Waals surface area contributed by atoms with E-state index in [1.165, 1.54) is 4.40 Å². The minimum Gasteiger partial charge on any atom is -0.497 e. The van der Waals surface area contributed by atoms with Gasteiger partial charge in [0, 0.05) is 6.54 Å². The number of hydrogen-bond acceptors (Lipinski definition) is 6. The smallest absolute Gasteiger partial charge is 0.351 e. The molecular formula is C27H25N5O4. The van der Waals surface area contributed by atoms with E-state index in [2.05, 4.69) is 15.4 Å². The number of nitrogens with one attached hydrogen (secondary N) is 1. The molecule has 0 aliphatic heterocycles. The van der Waals surface area contributed by atoms with Crippen LogP contribution in [0.4, 0.5) is 0 Å². The topological polar surface area (TPSA) is 99.8 Å². The van der Waals surface area contributed by atoms with E-state index >= 15 is 0 Å². The molecule has 9 heteroatoms. The van der Waals surface area contributed by atoms with E-state index in [0.717, 1.165) is 21.4 Å². The van der Waals surface area contributed by atoms with Gasteiger partial charge in [-0.2, -0.15) is 0 Å². The standard InChI is InChI=1S/C27H25N5O4/c1-17-8-6-13-23(18(17)2)36-26-25-30-31(27(34)32(25)22-12-5-4-11-21(22)29-26)16-24(33)28-15-19-9-7-10-20(14-19)35-3/h4-14H,15-16H2,1-3H3,(H,28,33). The van der Waals surface area contributed by atoms with Crippen LogP contribution in [0.25, 0.3) is 16.7 Å². The second kappa shape index (κ2) is 9.53. The van der Waals surface area contributed by atoms with Gasteiger partial charge in [0.05, 0.1) is 18.1 Å². The van der Waals surface area contributed by atoms with Crippen LogP contribution in [0.1, 0.15) is 16.7 Å². The summed E-state index contributed by atoms with van der Waals surface area (Å²) in [6.45, 7) is 4.00. The van der Waals surface area contributed by atoms with Crippen LogP contribution in [0.5, 0.6) is 17.4 Å². The molecule has 2 heterocycles. The number of carbonyl (C=O) groups is 1. The minimum atomic E-state index is -0.453. The minimum absolute atomic E-state index is 0.190. The van der Waals surface area contributed by atoms with E-state index < -0.39 is 5.69 Å². The molecule has 0 unspecified atom stereocenters. The summed E-state index contributed by atoms with van der Waals surface area (Å²) >= 11 is 0. The van der Waals surface area contributed by atoms with E-state index in [9.17, 15) is 9.59 Å². The Bertz CT molecular complexity index is 1650. The average Bonchev–Trinajstić information content (AvgIpc) is 3.22. The van der Waals surface area contributed by atoms with Crippen LogP contribution in [0.2, 0.25) is 0 Å². The van der Waals surface area contributed by atoms with E-state index in [1.807, 2.05) is 68.4 Å². The fourth-order valence-electron chi connectivity index (χ4n) is 3.96. The third-order valence-electron chi connectivity index (χ3n) is 6.05. The van der Waals surface area contributed by atoms with Gasteiger partial charge in [0.15, 0.2) is 0 Å². The van der Waals surface area contributed by atoms with E-state index in [4.69, 9.17) is 9.47 Å². The first-order chi connectivity index (χ1) is 17.4. The first-order valence-electron chi connectivity index (χ1n) is 11.5. The zero-order chi connectivity index (χ0) is 25.2. The molecule has 0 radical (unpaired) electrons. The number of fused-ring (bicyclic) bond motifs is 3. The van der Waals surface area contributed by atoms with Crippen LogP contribution < -0.4 is 20.5 Å². The third kappa shape index (κ3) is 4.38. The van der Waals surface area contributed by atoms with Gasteiger partial charge in [-0.25, -0.2) is 18.9 Å². The highest BCUT2D eigenvalue weighted by Gasteiger charge is 2.19. The number of aryl methyl sites for hydroxylation is 1. The summed E-state index contributed by atoms with van der Waals surface area (Å²) in [6, 6.07) is 20.4. The maximum Gasteiger partial charge on any atom is 0.351 e. The molecule has 1 amide bonds. The van der Waals surface area contributed by atoms with Gasteiger partial charge in [0.2, 0.25) is 11.6 Å². The van der Waals surface area contributed by atoms with Gasteiger partial charge in [0.25, 0.3) is 5.88 Å². The molecule has 182 valence electrons. The third-order valence-corrected chi connectivity index (χ3v) is 6.05. The summed E-state index contributed by atoms with van der Waals surface area (Å²) in [5, 5.41) is 7.26. The van der Waals surface area contributed by atoms with Gasteiger partial charge in [-0.15, -0.1) is 5.10 Å². The lowest BCUT2D eigenvalue weighted by Crippen LogP contribution is -2.32. The van der Waals surface area contributed by atoms with Crippen molar-refractivity contribution in [1.82, 2.24) is 24.5 Å². The van der Waals surface area contributed by atoms with Crippen molar-refractivity contribution in [3.8, 4) is 17.4 Å².